The van der Waals surface area contributed by atoms with Crippen LogP contribution >= 0.6 is 22.6 Å². The van der Waals surface area contributed by atoms with Gasteiger partial charge >= 0.3 is 0 Å². The summed E-state index contributed by atoms with van der Waals surface area (Å²) in [5.74, 6) is -0.158. The Kier molecular flexibility index (Phi) is 8.65. The summed E-state index contributed by atoms with van der Waals surface area (Å²) in [4.78, 5) is 0. The van der Waals surface area contributed by atoms with Crippen LogP contribution in [0.1, 0.15) is 40.5 Å². The molecule has 2 rings (SSSR count). The van der Waals surface area contributed by atoms with Crippen molar-refractivity contribution in [2.45, 2.75) is 51.7 Å². The van der Waals surface area contributed by atoms with Gasteiger partial charge in [0.25, 0.3) is 8.32 Å². The lowest BCUT2D eigenvalue weighted by atomic mass is 10.2. The van der Waals surface area contributed by atoms with E-state index in [4.69, 9.17) is 4.43 Å². The Bertz CT molecular complexity index is 738. The first-order chi connectivity index (χ1) is 13.3. The zero-order chi connectivity index (χ0) is 20.6. The fraction of sp³-hybridized carbons (Fsp3) is 0.333. The highest BCUT2D eigenvalue weighted by molar-refractivity contribution is 14.1. The van der Waals surface area contributed by atoms with Crippen molar-refractivity contribution in [3.63, 3.8) is 0 Å². The molecule has 0 aliphatic rings. The van der Waals surface area contributed by atoms with E-state index in [9.17, 15) is 4.39 Å². The fourth-order valence-electron chi connectivity index (χ4n) is 3.63. The fourth-order valence-corrected chi connectivity index (χ4v) is 8.63. The Morgan fingerprint density at radius 1 is 1.00 bits per heavy atom. The number of benzene rings is 2. The first-order valence-electron chi connectivity index (χ1n) is 9.67. The first kappa shape index (κ1) is 23.0. The van der Waals surface area contributed by atoms with Crippen molar-refractivity contribution >= 4 is 41.3 Å². The molecule has 1 nitrogen and oxygen atoms in total. The lowest BCUT2D eigenvalue weighted by Gasteiger charge is -2.45. The van der Waals surface area contributed by atoms with E-state index in [-0.39, 0.29) is 17.0 Å². The van der Waals surface area contributed by atoms with Crippen LogP contribution in [-0.4, -0.2) is 14.4 Å². The maximum Gasteiger partial charge on any atom is 0.261 e. The second kappa shape index (κ2) is 10.5. The van der Waals surface area contributed by atoms with Crippen LogP contribution in [0.25, 0.3) is 0 Å². The molecule has 0 fully saturated rings. The van der Waals surface area contributed by atoms with Crippen LogP contribution in [0.2, 0.25) is 5.04 Å². The van der Waals surface area contributed by atoms with Crippen molar-refractivity contribution in [3.8, 4) is 0 Å². The van der Waals surface area contributed by atoms with Crippen molar-refractivity contribution in [2.75, 3.05) is 0 Å². The molecule has 0 spiro atoms. The molecular formula is C24H30FIOSi. The Morgan fingerprint density at radius 3 is 1.89 bits per heavy atom. The molecule has 0 radical (unpaired) electrons. The number of allylic oxidation sites excluding steroid dienone is 1. The number of hydrogen-bond donors (Lipinski definition) is 0. The second-order valence-electron chi connectivity index (χ2n) is 8.03. The van der Waals surface area contributed by atoms with Gasteiger partial charge < -0.3 is 4.43 Å². The summed E-state index contributed by atoms with van der Waals surface area (Å²) >= 11 is 2.22. The molecule has 0 aromatic heterocycles. The van der Waals surface area contributed by atoms with Crippen molar-refractivity contribution in [3.05, 3.63) is 82.7 Å². The quantitative estimate of drug-likeness (QED) is 0.291. The summed E-state index contributed by atoms with van der Waals surface area (Å²) < 4.78 is 22.6. The summed E-state index contributed by atoms with van der Waals surface area (Å²) in [6.07, 6.45) is 4.99. The molecule has 4 heteroatoms. The predicted octanol–water partition coefficient (Wildman–Crippen LogP) is 6.53. The molecular weight excluding hydrogens is 478 g/mol. The molecule has 2 aromatic rings. The maximum atomic E-state index is 13.5. The molecule has 150 valence electrons. The summed E-state index contributed by atoms with van der Waals surface area (Å²) in [7, 11) is -2.62. The minimum absolute atomic E-state index is 0.0805. The normalized spacial score (nSPS) is 14.4. The summed E-state index contributed by atoms with van der Waals surface area (Å²) in [5, 5.41) is 2.41. The SMILES string of the molecule is C/C(F)=C\C[C@@H](C/C=C\I)O[Si](c1ccccc1)(c1ccccc1)C(C)(C)C. The van der Waals surface area contributed by atoms with Crippen molar-refractivity contribution in [2.24, 2.45) is 0 Å². The Hall–Kier alpha value is -1.24. The average Bonchev–Trinajstić information content (AvgIpc) is 2.68. The van der Waals surface area contributed by atoms with E-state index in [2.05, 4.69) is 98.0 Å². The highest BCUT2D eigenvalue weighted by Crippen LogP contribution is 2.38. The van der Waals surface area contributed by atoms with Gasteiger partial charge in [-0.25, -0.2) is 4.39 Å². The van der Waals surface area contributed by atoms with E-state index in [0.29, 0.717) is 6.42 Å². The number of rotatable bonds is 8. The van der Waals surface area contributed by atoms with Crippen LogP contribution in [0.3, 0.4) is 0 Å². The van der Waals surface area contributed by atoms with Crippen LogP contribution in [0.15, 0.2) is 82.7 Å². The highest BCUT2D eigenvalue weighted by Gasteiger charge is 2.51. The molecule has 28 heavy (non-hydrogen) atoms. The van der Waals surface area contributed by atoms with Crippen LogP contribution in [0, 0.1) is 0 Å². The van der Waals surface area contributed by atoms with Gasteiger partial charge in [0.05, 0.1) is 11.9 Å². The van der Waals surface area contributed by atoms with E-state index in [1.165, 1.54) is 17.3 Å². The molecule has 0 saturated carbocycles. The van der Waals surface area contributed by atoms with Crippen LogP contribution in [0.5, 0.6) is 0 Å². The third-order valence-electron chi connectivity index (χ3n) is 4.91. The van der Waals surface area contributed by atoms with Gasteiger partial charge in [-0.3, -0.25) is 0 Å². The Morgan fingerprint density at radius 2 is 1.50 bits per heavy atom. The lowest BCUT2D eigenvalue weighted by molar-refractivity contribution is 0.193. The van der Waals surface area contributed by atoms with Gasteiger partial charge in [-0.1, -0.05) is 116 Å². The van der Waals surface area contributed by atoms with Gasteiger partial charge in [-0.2, -0.15) is 0 Å². The highest BCUT2D eigenvalue weighted by atomic mass is 127. The molecule has 0 bridgehead atoms. The molecule has 2 aromatic carbocycles. The van der Waals surface area contributed by atoms with Gasteiger partial charge in [0.1, 0.15) is 0 Å². The van der Waals surface area contributed by atoms with Crippen LogP contribution < -0.4 is 10.4 Å². The molecule has 0 aliphatic heterocycles. The minimum Gasteiger partial charge on any atom is -0.404 e. The van der Waals surface area contributed by atoms with E-state index < -0.39 is 8.32 Å². The monoisotopic (exact) mass is 508 g/mol. The molecule has 0 unspecified atom stereocenters. The van der Waals surface area contributed by atoms with Gasteiger partial charge in [-0.15, -0.1) is 0 Å². The predicted molar refractivity (Wildman–Crippen MR) is 130 cm³/mol. The standard InChI is InChI=1S/C24H30FIOSi/c1-20(25)17-18-21(12-11-19-26)27-28(24(2,3)4,22-13-7-5-8-14-22)23-15-9-6-10-16-23/h5-11,13-17,19,21H,12,18H2,1-4H3/b19-11-,20-17+/t21-/m1/s1. The second-order valence-corrected chi connectivity index (χ2v) is 13.0. The van der Waals surface area contributed by atoms with Gasteiger partial charge in [-0.05, 0) is 39.3 Å². The molecule has 0 aliphatic carbocycles. The van der Waals surface area contributed by atoms with Crippen molar-refractivity contribution in [1.29, 1.82) is 0 Å². The first-order valence-corrected chi connectivity index (χ1v) is 12.8. The summed E-state index contributed by atoms with van der Waals surface area (Å²) in [5.41, 5.74) is 0. The van der Waals surface area contributed by atoms with Gasteiger partial charge in [0.15, 0.2) is 0 Å². The van der Waals surface area contributed by atoms with Crippen molar-refractivity contribution in [1.82, 2.24) is 0 Å². The molecule has 0 N–H and O–H groups in total. The third kappa shape index (κ3) is 5.64. The van der Waals surface area contributed by atoms with E-state index >= 15 is 0 Å². The largest absolute Gasteiger partial charge is 0.404 e. The lowest BCUT2D eigenvalue weighted by Crippen LogP contribution is -2.67. The summed E-state index contributed by atoms with van der Waals surface area (Å²) in [6.45, 7) is 8.29. The van der Waals surface area contributed by atoms with Gasteiger partial charge in [0.2, 0.25) is 0 Å². The topological polar surface area (TPSA) is 9.23 Å². The van der Waals surface area contributed by atoms with E-state index in [1.807, 2.05) is 16.2 Å². The zero-order valence-electron chi connectivity index (χ0n) is 17.2. The molecule has 0 amide bonds. The van der Waals surface area contributed by atoms with E-state index in [0.717, 1.165) is 6.42 Å². The smallest absolute Gasteiger partial charge is 0.261 e. The van der Waals surface area contributed by atoms with Crippen molar-refractivity contribution < 1.29 is 8.82 Å². The van der Waals surface area contributed by atoms with E-state index in [1.54, 1.807) is 6.08 Å². The van der Waals surface area contributed by atoms with Gasteiger partial charge in [0, 0.05) is 0 Å². The zero-order valence-corrected chi connectivity index (χ0v) is 20.3. The molecule has 0 heterocycles. The minimum atomic E-state index is -2.62. The van der Waals surface area contributed by atoms with Crippen LogP contribution in [-0.2, 0) is 4.43 Å². The Labute approximate surface area is 184 Å². The molecule has 1 atom stereocenters. The third-order valence-corrected chi connectivity index (χ3v) is 10.5. The molecule has 0 saturated heterocycles. The van der Waals surface area contributed by atoms with Crippen LogP contribution in [0.4, 0.5) is 4.39 Å². The number of hydrogen-bond acceptors (Lipinski definition) is 1. The Balaban J connectivity index is 2.63. The maximum absolute atomic E-state index is 13.5. The average molecular weight is 508 g/mol. The summed E-state index contributed by atoms with van der Waals surface area (Å²) in [6, 6.07) is 21.2. The number of halogens is 2.